The zero-order valence-electron chi connectivity index (χ0n) is 20.6. The molecule has 1 saturated carbocycles. The Morgan fingerprint density at radius 1 is 0.853 bits per heavy atom. The van der Waals surface area contributed by atoms with Crippen molar-refractivity contribution in [2.45, 2.75) is 89.9 Å². The lowest BCUT2D eigenvalue weighted by molar-refractivity contribution is 0.305. The molecular formula is C31H37F3. The summed E-state index contributed by atoms with van der Waals surface area (Å²) >= 11 is 0. The van der Waals surface area contributed by atoms with Gasteiger partial charge in [-0.05, 0) is 97.9 Å². The molecule has 34 heavy (non-hydrogen) atoms. The summed E-state index contributed by atoms with van der Waals surface area (Å²) in [7, 11) is 0. The molecule has 4 rings (SSSR count). The number of allylic oxidation sites excluding steroid dienone is 4. The Balaban J connectivity index is 1.32. The van der Waals surface area contributed by atoms with Gasteiger partial charge in [-0.3, -0.25) is 0 Å². The highest BCUT2D eigenvalue weighted by molar-refractivity contribution is 5.36. The molecule has 0 heterocycles. The van der Waals surface area contributed by atoms with E-state index in [0.717, 1.165) is 68.9 Å². The molecule has 0 radical (unpaired) electrons. The Labute approximate surface area is 203 Å². The third-order valence-corrected chi connectivity index (χ3v) is 7.89. The van der Waals surface area contributed by atoms with E-state index in [1.54, 1.807) is 18.2 Å². The van der Waals surface area contributed by atoms with E-state index in [-0.39, 0.29) is 17.7 Å². The molecule has 0 bridgehead atoms. The SMILES string of the molecule is CCCC1=CCC(c2ccc(CCC3CCC(c4ccc(CC)cc4F)CC3)c(F)c2F)C=C1. The molecule has 0 spiro atoms. The molecule has 0 N–H and O–H groups in total. The maximum atomic E-state index is 14.9. The van der Waals surface area contributed by atoms with E-state index in [1.165, 1.54) is 5.57 Å². The zero-order valence-corrected chi connectivity index (χ0v) is 20.6. The second-order valence-corrected chi connectivity index (χ2v) is 10.1. The van der Waals surface area contributed by atoms with Gasteiger partial charge in [-0.2, -0.15) is 0 Å². The first-order chi connectivity index (χ1) is 16.5. The first-order valence-corrected chi connectivity index (χ1v) is 13.1. The molecular weight excluding hydrogens is 429 g/mol. The molecule has 0 amide bonds. The number of benzene rings is 2. The smallest absolute Gasteiger partial charge is 0.162 e. The molecule has 0 aliphatic heterocycles. The van der Waals surface area contributed by atoms with Crippen LogP contribution >= 0.6 is 0 Å². The van der Waals surface area contributed by atoms with E-state index in [0.29, 0.717) is 23.5 Å². The van der Waals surface area contributed by atoms with Crippen molar-refractivity contribution >= 4 is 0 Å². The number of aryl methyl sites for hydroxylation is 2. The molecule has 3 heteroatoms. The van der Waals surface area contributed by atoms with Gasteiger partial charge in [0.2, 0.25) is 0 Å². The van der Waals surface area contributed by atoms with Gasteiger partial charge in [0.15, 0.2) is 11.6 Å². The fourth-order valence-electron chi connectivity index (χ4n) is 5.70. The van der Waals surface area contributed by atoms with Crippen LogP contribution in [0.1, 0.15) is 99.3 Å². The molecule has 0 nitrogen and oxygen atoms in total. The molecule has 2 aliphatic carbocycles. The van der Waals surface area contributed by atoms with Crippen molar-refractivity contribution in [2.24, 2.45) is 5.92 Å². The van der Waals surface area contributed by atoms with Crippen LogP contribution in [0.15, 0.2) is 54.1 Å². The van der Waals surface area contributed by atoms with Crippen molar-refractivity contribution in [1.29, 1.82) is 0 Å². The third-order valence-electron chi connectivity index (χ3n) is 7.89. The number of hydrogen-bond donors (Lipinski definition) is 0. The van der Waals surface area contributed by atoms with Crippen LogP contribution in [0.5, 0.6) is 0 Å². The van der Waals surface area contributed by atoms with E-state index < -0.39 is 11.6 Å². The van der Waals surface area contributed by atoms with Crippen LogP contribution in [0, 0.1) is 23.4 Å². The summed E-state index contributed by atoms with van der Waals surface area (Å²) in [6.45, 7) is 4.18. The number of halogens is 3. The van der Waals surface area contributed by atoms with Crippen molar-refractivity contribution < 1.29 is 13.2 Å². The first-order valence-electron chi connectivity index (χ1n) is 13.1. The van der Waals surface area contributed by atoms with Crippen LogP contribution in [-0.4, -0.2) is 0 Å². The Hall–Kier alpha value is -2.29. The lowest BCUT2D eigenvalue weighted by Crippen LogP contribution is -2.15. The van der Waals surface area contributed by atoms with Crippen molar-refractivity contribution in [3.63, 3.8) is 0 Å². The maximum Gasteiger partial charge on any atom is 0.162 e. The second kappa shape index (κ2) is 11.4. The van der Waals surface area contributed by atoms with Crippen molar-refractivity contribution in [3.8, 4) is 0 Å². The normalized spacial score (nSPS) is 22.6. The topological polar surface area (TPSA) is 0 Å². The third kappa shape index (κ3) is 5.67. The summed E-state index contributed by atoms with van der Waals surface area (Å²) in [5.74, 6) is -0.780. The van der Waals surface area contributed by atoms with Crippen LogP contribution in [0.25, 0.3) is 0 Å². The van der Waals surface area contributed by atoms with Gasteiger partial charge in [-0.1, -0.05) is 68.3 Å². The first kappa shape index (κ1) is 24.8. The van der Waals surface area contributed by atoms with Gasteiger partial charge in [0.25, 0.3) is 0 Å². The average molecular weight is 467 g/mol. The number of hydrogen-bond acceptors (Lipinski definition) is 0. The predicted molar refractivity (Wildman–Crippen MR) is 135 cm³/mol. The average Bonchev–Trinajstić information content (AvgIpc) is 2.86. The Bertz CT molecular complexity index is 1040. The molecule has 1 unspecified atom stereocenters. The van der Waals surface area contributed by atoms with Crippen molar-refractivity contribution in [3.05, 3.63) is 93.8 Å². The Kier molecular flexibility index (Phi) is 8.34. The van der Waals surface area contributed by atoms with E-state index in [9.17, 15) is 13.2 Å². The minimum atomic E-state index is -0.686. The van der Waals surface area contributed by atoms with Gasteiger partial charge >= 0.3 is 0 Å². The molecule has 1 fully saturated rings. The number of rotatable bonds is 8. The lowest BCUT2D eigenvalue weighted by atomic mass is 9.76. The summed E-state index contributed by atoms with van der Waals surface area (Å²) < 4.78 is 44.3. The van der Waals surface area contributed by atoms with Crippen molar-refractivity contribution in [1.82, 2.24) is 0 Å². The van der Waals surface area contributed by atoms with E-state index in [1.807, 2.05) is 25.1 Å². The molecule has 2 aromatic carbocycles. The standard InChI is InChI=1S/C31H37F3/c1-3-5-22-6-14-25(15-7-22)28-19-17-26(30(33)31(28)34)16-10-23-8-12-24(13-9-23)27-18-11-21(4-2)20-29(27)32/h6-7,11,14,17-20,23-25H,3-5,8-10,12-13,15-16H2,1-2H3. The van der Waals surface area contributed by atoms with Gasteiger partial charge in [-0.15, -0.1) is 0 Å². The largest absolute Gasteiger partial charge is 0.207 e. The molecule has 1 atom stereocenters. The van der Waals surface area contributed by atoms with Crippen LogP contribution < -0.4 is 0 Å². The van der Waals surface area contributed by atoms with E-state index in [2.05, 4.69) is 19.1 Å². The molecule has 182 valence electrons. The molecule has 2 aromatic rings. The summed E-state index contributed by atoms with van der Waals surface area (Å²) in [5.41, 5.74) is 4.10. The van der Waals surface area contributed by atoms with Crippen LogP contribution in [0.3, 0.4) is 0 Å². The van der Waals surface area contributed by atoms with Gasteiger partial charge < -0.3 is 0 Å². The van der Waals surface area contributed by atoms with Crippen LogP contribution in [0.2, 0.25) is 0 Å². The van der Waals surface area contributed by atoms with Crippen molar-refractivity contribution in [2.75, 3.05) is 0 Å². The minimum absolute atomic E-state index is 0.0784. The van der Waals surface area contributed by atoms with Gasteiger partial charge in [0.1, 0.15) is 5.82 Å². The van der Waals surface area contributed by atoms with E-state index >= 15 is 0 Å². The van der Waals surface area contributed by atoms with Gasteiger partial charge in [0.05, 0.1) is 0 Å². The summed E-state index contributed by atoms with van der Waals surface area (Å²) in [6, 6.07) is 9.23. The maximum absolute atomic E-state index is 14.9. The quantitative estimate of drug-likeness (QED) is 0.363. The summed E-state index contributed by atoms with van der Waals surface area (Å²) in [5, 5.41) is 0. The minimum Gasteiger partial charge on any atom is -0.207 e. The summed E-state index contributed by atoms with van der Waals surface area (Å²) in [6.07, 6.45) is 15.3. The lowest BCUT2D eigenvalue weighted by Gasteiger charge is -2.29. The monoisotopic (exact) mass is 466 g/mol. The Morgan fingerprint density at radius 3 is 2.26 bits per heavy atom. The Morgan fingerprint density at radius 2 is 1.62 bits per heavy atom. The second-order valence-electron chi connectivity index (χ2n) is 10.1. The van der Waals surface area contributed by atoms with Gasteiger partial charge in [0, 0.05) is 5.92 Å². The predicted octanol–water partition coefficient (Wildman–Crippen LogP) is 9.34. The molecule has 2 aliphatic rings. The fraction of sp³-hybridized carbons (Fsp3) is 0.484. The summed E-state index contributed by atoms with van der Waals surface area (Å²) in [4.78, 5) is 0. The van der Waals surface area contributed by atoms with Crippen LogP contribution in [-0.2, 0) is 12.8 Å². The van der Waals surface area contributed by atoms with Crippen LogP contribution in [0.4, 0.5) is 13.2 Å². The fourth-order valence-corrected chi connectivity index (χ4v) is 5.70. The highest BCUT2D eigenvalue weighted by Gasteiger charge is 2.25. The zero-order chi connectivity index (χ0) is 24.1. The van der Waals surface area contributed by atoms with E-state index in [4.69, 9.17) is 0 Å². The molecule has 0 aromatic heterocycles. The highest BCUT2D eigenvalue weighted by Crippen LogP contribution is 2.39. The highest BCUT2D eigenvalue weighted by atomic mass is 19.2. The molecule has 0 saturated heterocycles. The van der Waals surface area contributed by atoms with Gasteiger partial charge in [-0.25, -0.2) is 13.2 Å².